The summed E-state index contributed by atoms with van der Waals surface area (Å²) in [6.07, 6.45) is 1.00. The summed E-state index contributed by atoms with van der Waals surface area (Å²) in [5.74, 6) is 0.497. The van der Waals surface area contributed by atoms with Crippen LogP contribution in [0.1, 0.15) is 13.3 Å². The third-order valence-corrected chi connectivity index (χ3v) is 1.79. The molecule has 0 aromatic rings. The fourth-order valence-electron chi connectivity index (χ4n) is 0.973. The first-order valence-electron chi connectivity index (χ1n) is 3.19. The van der Waals surface area contributed by atoms with E-state index in [4.69, 9.17) is 5.11 Å². The van der Waals surface area contributed by atoms with Gasteiger partial charge in [0.15, 0.2) is 0 Å². The Balaban J connectivity index is 0.000000640. The first kappa shape index (κ1) is 9.21. The Bertz CT molecular complexity index is 69.5. The van der Waals surface area contributed by atoms with E-state index in [2.05, 4.69) is 12.2 Å². The molecule has 2 atom stereocenters. The van der Waals surface area contributed by atoms with E-state index in [1.54, 1.807) is 0 Å². The van der Waals surface area contributed by atoms with Crippen molar-refractivity contribution in [3.8, 4) is 0 Å². The van der Waals surface area contributed by atoms with E-state index in [1.165, 1.54) is 0 Å². The molecule has 0 aromatic carbocycles. The lowest BCUT2D eigenvalue weighted by Gasteiger charge is -2.24. The quantitative estimate of drug-likeness (QED) is 0.526. The summed E-state index contributed by atoms with van der Waals surface area (Å²) in [6, 6.07) is 0. The predicted molar refractivity (Wildman–Crippen MR) is 39.9 cm³/mol. The zero-order valence-corrected chi connectivity index (χ0v) is 6.45. The maximum absolute atomic E-state index is 9.12. The normalized spacial score (nSPS) is 35.3. The number of hydrogen-bond donors (Lipinski definition) is 2. The number of aliphatic hydroxyl groups is 1. The van der Waals surface area contributed by atoms with E-state index in [0.717, 1.165) is 19.5 Å². The van der Waals surface area contributed by atoms with Gasteiger partial charge in [0.1, 0.15) is 0 Å². The molecule has 56 valence electrons. The highest BCUT2D eigenvalue weighted by Gasteiger charge is 2.16. The first-order valence-corrected chi connectivity index (χ1v) is 3.19. The minimum Gasteiger partial charge on any atom is -0.392 e. The Hall–Kier alpha value is 0.210. The summed E-state index contributed by atoms with van der Waals surface area (Å²) in [7, 11) is 0. The molecule has 1 rings (SSSR count). The molecule has 0 spiro atoms. The summed E-state index contributed by atoms with van der Waals surface area (Å²) < 4.78 is 0. The van der Waals surface area contributed by atoms with Gasteiger partial charge < -0.3 is 10.4 Å². The average molecular weight is 152 g/mol. The van der Waals surface area contributed by atoms with Crippen molar-refractivity contribution < 1.29 is 5.11 Å². The number of β-amino-alcohol motifs (C(OH)–C–C–N with tert-alkyl or cyclic N) is 1. The highest BCUT2D eigenvalue weighted by molar-refractivity contribution is 5.85. The summed E-state index contributed by atoms with van der Waals surface area (Å²) >= 11 is 0. The van der Waals surface area contributed by atoms with Crippen LogP contribution in [0.5, 0.6) is 0 Å². The molecule has 0 aliphatic carbocycles. The highest BCUT2D eigenvalue weighted by Crippen LogP contribution is 2.09. The molecule has 0 saturated carbocycles. The molecule has 1 aliphatic heterocycles. The molecule has 0 unspecified atom stereocenters. The second-order valence-corrected chi connectivity index (χ2v) is 2.54. The highest BCUT2D eigenvalue weighted by atomic mass is 35.5. The van der Waals surface area contributed by atoms with Gasteiger partial charge in [-0.05, 0) is 18.9 Å². The molecule has 3 heteroatoms. The number of piperidine rings is 1. The molecule has 9 heavy (non-hydrogen) atoms. The number of halogens is 1. The van der Waals surface area contributed by atoms with E-state index in [0.29, 0.717) is 5.92 Å². The molecule has 2 N–H and O–H groups in total. The van der Waals surface area contributed by atoms with E-state index in [9.17, 15) is 0 Å². The zero-order chi connectivity index (χ0) is 5.98. The van der Waals surface area contributed by atoms with Crippen LogP contribution in [0, 0.1) is 5.92 Å². The predicted octanol–water partition coefficient (Wildman–Crippen LogP) is 0.398. The zero-order valence-electron chi connectivity index (χ0n) is 5.63. The average Bonchev–Trinajstić information content (AvgIpc) is 1.77. The van der Waals surface area contributed by atoms with Gasteiger partial charge in [-0.15, -0.1) is 12.4 Å². The summed E-state index contributed by atoms with van der Waals surface area (Å²) in [5.41, 5.74) is 0. The van der Waals surface area contributed by atoms with Gasteiger partial charge >= 0.3 is 0 Å². The third-order valence-electron chi connectivity index (χ3n) is 1.79. The molecular weight excluding hydrogens is 138 g/mol. The van der Waals surface area contributed by atoms with Crippen LogP contribution in [-0.2, 0) is 0 Å². The Kier molecular flexibility index (Phi) is 4.19. The Morgan fingerprint density at radius 3 is 2.56 bits per heavy atom. The van der Waals surface area contributed by atoms with Crippen molar-refractivity contribution in [3.63, 3.8) is 0 Å². The van der Waals surface area contributed by atoms with Crippen LogP contribution in [0.2, 0.25) is 0 Å². The molecule has 1 heterocycles. The monoisotopic (exact) mass is 151 g/mol. The van der Waals surface area contributed by atoms with Gasteiger partial charge in [0.2, 0.25) is 0 Å². The first-order chi connectivity index (χ1) is 3.80. The molecule has 1 fully saturated rings. The molecule has 1 aliphatic rings. The van der Waals surface area contributed by atoms with Crippen molar-refractivity contribution in [2.24, 2.45) is 5.92 Å². The Morgan fingerprint density at radius 2 is 2.22 bits per heavy atom. The van der Waals surface area contributed by atoms with Gasteiger partial charge in [-0.3, -0.25) is 0 Å². The van der Waals surface area contributed by atoms with Crippen molar-refractivity contribution in [1.29, 1.82) is 0 Å². The van der Waals surface area contributed by atoms with Gasteiger partial charge in [-0.25, -0.2) is 0 Å². The fourth-order valence-corrected chi connectivity index (χ4v) is 0.973. The molecule has 0 aromatic heterocycles. The standard InChI is InChI=1S/C6H13NO.ClH/c1-5-2-3-7-4-6(5)8;/h5-8H,2-4H2,1H3;1H/t5-,6-;/m1./s1. The number of rotatable bonds is 0. The Labute approximate surface area is 62.1 Å². The summed E-state index contributed by atoms with van der Waals surface area (Å²) in [6.45, 7) is 3.94. The smallest absolute Gasteiger partial charge is 0.0690 e. The Morgan fingerprint density at radius 1 is 1.56 bits per heavy atom. The number of hydrogen-bond acceptors (Lipinski definition) is 2. The van der Waals surface area contributed by atoms with Gasteiger partial charge in [0.25, 0.3) is 0 Å². The minimum atomic E-state index is -0.108. The van der Waals surface area contributed by atoms with Gasteiger partial charge in [0.05, 0.1) is 6.10 Å². The van der Waals surface area contributed by atoms with Crippen molar-refractivity contribution in [3.05, 3.63) is 0 Å². The number of nitrogens with one attached hydrogen (secondary N) is 1. The van der Waals surface area contributed by atoms with Crippen molar-refractivity contribution >= 4 is 12.4 Å². The third kappa shape index (κ3) is 2.52. The second kappa shape index (κ2) is 4.09. The largest absolute Gasteiger partial charge is 0.392 e. The van der Waals surface area contributed by atoms with Crippen molar-refractivity contribution in [1.82, 2.24) is 5.32 Å². The molecule has 2 nitrogen and oxygen atoms in total. The fraction of sp³-hybridized carbons (Fsp3) is 1.00. The van der Waals surface area contributed by atoms with Gasteiger partial charge in [0, 0.05) is 6.54 Å². The van der Waals surface area contributed by atoms with Crippen LogP contribution >= 0.6 is 12.4 Å². The lowest BCUT2D eigenvalue weighted by molar-refractivity contribution is 0.0915. The van der Waals surface area contributed by atoms with Crippen LogP contribution in [0.15, 0.2) is 0 Å². The molecule has 1 saturated heterocycles. The van der Waals surface area contributed by atoms with Gasteiger partial charge in [-0.1, -0.05) is 6.92 Å². The van der Waals surface area contributed by atoms with Gasteiger partial charge in [-0.2, -0.15) is 0 Å². The van der Waals surface area contributed by atoms with E-state index >= 15 is 0 Å². The molecule has 0 bridgehead atoms. The molecule has 0 radical (unpaired) electrons. The maximum atomic E-state index is 9.12. The molecule has 0 amide bonds. The summed E-state index contributed by atoms with van der Waals surface area (Å²) in [4.78, 5) is 0. The summed E-state index contributed by atoms with van der Waals surface area (Å²) in [5, 5.41) is 12.2. The van der Waals surface area contributed by atoms with E-state index < -0.39 is 0 Å². The SMILES string of the molecule is C[C@@H]1CCNC[C@H]1O.Cl. The van der Waals surface area contributed by atoms with Crippen LogP contribution in [0.4, 0.5) is 0 Å². The number of aliphatic hydroxyl groups excluding tert-OH is 1. The van der Waals surface area contributed by atoms with Crippen LogP contribution in [0.3, 0.4) is 0 Å². The lowest BCUT2D eigenvalue weighted by Crippen LogP contribution is -2.39. The van der Waals surface area contributed by atoms with Crippen LogP contribution < -0.4 is 5.32 Å². The van der Waals surface area contributed by atoms with Crippen LogP contribution in [0.25, 0.3) is 0 Å². The van der Waals surface area contributed by atoms with Crippen LogP contribution in [-0.4, -0.2) is 24.3 Å². The van der Waals surface area contributed by atoms with E-state index in [-0.39, 0.29) is 18.5 Å². The van der Waals surface area contributed by atoms with Crippen molar-refractivity contribution in [2.75, 3.05) is 13.1 Å². The van der Waals surface area contributed by atoms with Crippen molar-refractivity contribution in [2.45, 2.75) is 19.4 Å². The lowest BCUT2D eigenvalue weighted by atomic mass is 9.98. The topological polar surface area (TPSA) is 32.3 Å². The molecular formula is C6H14ClNO. The second-order valence-electron chi connectivity index (χ2n) is 2.54. The maximum Gasteiger partial charge on any atom is 0.0690 e. The minimum absolute atomic E-state index is 0. The van der Waals surface area contributed by atoms with E-state index in [1.807, 2.05) is 0 Å².